The van der Waals surface area contributed by atoms with Crippen molar-refractivity contribution in [2.24, 2.45) is 0 Å². The maximum atomic E-state index is 13.5. The number of halogens is 1. The van der Waals surface area contributed by atoms with Gasteiger partial charge in [0.1, 0.15) is 12.1 Å². The van der Waals surface area contributed by atoms with Crippen LogP contribution in [0.4, 0.5) is 4.39 Å². The van der Waals surface area contributed by atoms with Crippen molar-refractivity contribution in [1.29, 1.82) is 0 Å². The van der Waals surface area contributed by atoms with Crippen LogP contribution in [0.2, 0.25) is 0 Å². The molecule has 5 nitrogen and oxygen atoms in total. The van der Waals surface area contributed by atoms with E-state index < -0.39 is 15.8 Å². The second-order valence-electron chi connectivity index (χ2n) is 5.38. The molecule has 0 aliphatic heterocycles. The van der Waals surface area contributed by atoms with E-state index >= 15 is 0 Å². The van der Waals surface area contributed by atoms with Crippen molar-refractivity contribution in [3.05, 3.63) is 59.4 Å². The first kappa shape index (κ1) is 15.1. The van der Waals surface area contributed by atoms with Crippen molar-refractivity contribution in [3.8, 4) is 0 Å². The maximum absolute atomic E-state index is 13.5. The SMILES string of the molecule is O=S(=O)(Cc1ccccc1F)NCc1cc(C2CC2)ncn1. The van der Waals surface area contributed by atoms with E-state index in [0.29, 0.717) is 11.6 Å². The minimum atomic E-state index is -3.62. The van der Waals surface area contributed by atoms with Gasteiger partial charge in [-0.3, -0.25) is 0 Å². The number of nitrogens with zero attached hydrogens (tertiary/aromatic N) is 2. The molecule has 0 unspecified atom stereocenters. The molecule has 0 amide bonds. The van der Waals surface area contributed by atoms with E-state index in [-0.39, 0.29) is 17.9 Å². The molecule has 1 aliphatic carbocycles. The molecule has 1 aromatic heterocycles. The van der Waals surface area contributed by atoms with Gasteiger partial charge in [0.2, 0.25) is 10.0 Å². The fourth-order valence-electron chi connectivity index (χ4n) is 2.17. The minimum Gasteiger partial charge on any atom is -0.241 e. The van der Waals surface area contributed by atoms with E-state index in [2.05, 4.69) is 14.7 Å². The summed E-state index contributed by atoms with van der Waals surface area (Å²) in [6.45, 7) is 0.0824. The van der Waals surface area contributed by atoms with E-state index in [0.717, 1.165) is 18.5 Å². The number of aromatic nitrogens is 2. The summed E-state index contributed by atoms with van der Waals surface area (Å²) in [4.78, 5) is 8.25. The molecule has 0 bridgehead atoms. The van der Waals surface area contributed by atoms with Gasteiger partial charge in [0.15, 0.2) is 0 Å². The molecule has 1 fully saturated rings. The number of hydrogen-bond acceptors (Lipinski definition) is 4. The molecular weight excluding hydrogens is 305 g/mol. The lowest BCUT2D eigenvalue weighted by Gasteiger charge is -2.08. The lowest BCUT2D eigenvalue weighted by molar-refractivity contribution is 0.573. The first-order valence-electron chi connectivity index (χ1n) is 7.05. The Morgan fingerprint density at radius 2 is 2.00 bits per heavy atom. The second kappa shape index (κ2) is 6.10. The van der Waals surface area contributed by atoms with E-state index in [9.17, 15) is 12.8 Å². The van der Waals surface area contributed by atoms with Gasteiger partial charge in [0.05, 0.1) is 18.0 Å². The maximum Gasteiger partial charge on any atom is 0.216 e. The van der Waals surface area contributed by atoms with Crippen molar-refractivity contribution in [2.45, 2.75) is 31.1 Å². The van der Waals surface area contributed by atoms with Crippen molar-refractivity contribution < 1.29 is 12.8 Å². The Kier molecular flexibility index (Phi) is 4.17. The summed E-state index contributed by atoms with van der Waals surface area (Å²) in [5.41, 5.74) is 1.73. The van der Waals surface area contributed by atoms with Crippen LogP contribution in [0.3, 0.4) is 0 Å². The van der Waals surface area contributed by atoms with Crippen LogP contribution < -0.4 is 4.72 Å². The monoisotopic (exact) mass is 321 g/mol. The summed E-state index contributed by atoms with van der Waals surface area (Å²) < 4.78 is 40.0. The Bertz CT molecular complexity index is 776. The minimum absolute atomic E-state index is 0.0824. The number of rotatable bonds is 6. The van der Waals surface area contributed by atoms with E-state index in [1.54, 1.807) is 6.07 Å². The summed E-state index contributed by atoms with van der Waals surface area (Å²) in [6, 6.07) is 7.67. The standard InChI is InChI=1S/C15H16FN3O2S/c16-14-4-2-1-3-12(14)9-22(20,21)19-8-13-7-15(11-5-6-11)18-10-17-13/h1-4,7,10-11,19H,5-6,8-9H2. The molecule has 2 aromatic rings. The lowest BCUT2D eigenvalue weighted by Crippen LogP contribution is -2.25. The molecule has 22 heavy (non-hydrogen) atoms. The van der Waals surface area contributed by atoms with Crippen molar-refractivity contribution in [2.75, 3.05) is 0 Å². The van der Waals surface area contributed by atoms with Crippen LogP contribution >= 0.6 is 0 Å². The molecule has 0 radical (unpaired) electrons. The first-order valence-corrected chi connectivity index (χ1v) is 8.70. The highest BCUT2D eigenvalue weighted by Crippen LogP contribution is 2.38. The average Bonchev–Trinajstić information content (AvgIpc) is 3.33. The highest BCUT2D eigenvalue weighted by Gasteiger charge is 2.25. The quantitative estimate of drug-likeness (QED) is 0.884. The van der Waals surface area contributed by atoms with Crippen LogP contribution in [0.25, 0.3) is 0 Å². The molecular formula is C15H16FN3O2S. The van der Waals surface area contributed by atoms with Crippen LogP contribution in [0.15, 0.2) is 36.7 Å². The molecule has 0 atom stereocenters. The Balaban J connectivity index is 1.65. The van der Waals surface area contributed by atoms with Crippen LogP contribution in [0.1, 0.15) is 35.7 Å². The Labute approximate surface area is 128 Å². The van der Waals surface area contributed by atoms with E-state index in [1.807, 2.05) is 6.07 Å². The van der Waals surface area contributed by atoms with Gasteiger partial charge in [0.25, 0.3) is 0 Å². The molecule has 3 rings (SSSR count). The fraction of sp³-hybridized carbons (Fsp3) is 0.333. The first-order chi connectivity index (χ1) is 10.5. The van der Waals surface area contributed by atoms with Crippen LogP contribution in [0, 0.1) is 5.82 Å². The summed E-state index contributed by atoms with van der Waals surface area (Å²) in [5, 5.41) is 0. The van der Waals surface area contributed by atoms with E-state index in [1.165, 1.54) is 24.5 Å². The summed E-state index contributed by atoms with van der Waals surface area (Å²) >= 11 is 0. The van der Waals surface area contributed by atoms with Gasteiger partial charge in [-0.15, -0.1) is 0 Å². The molecule has 1 aliphatic rings. The van der Waals surface area contributed by atoms with Crippen LogP contribution in [-0.4, -0.2) is 18.4 Å². The third kappa shape index (κ3) is 3.86. The number of benzene rings is 1. The van der Waals surface area contributed by atoms with Gasteiger partial charge in [-0.25, -0.2) is 27.5 Å². The summed E-state index contributed by atoms with van der Waals surface area (Å²) in [6.07, 6.45) is 3.69. The third-order valence-electron chi connectivity index (χ3n) is 3.52. The number of nitrogens with one attached hydrogen (secondary N) is 1. The Morgan fingerprint density at radius 1 is 1.23 bits per heavy atom. The molecule has 1 saturated carbocycles. The normalized spacial score (nSPS) is 15.0. The molecule has 0 saturated heterocycles. The molecule has 116 valence electrons. The second-order valence-corrected chi connectivity index (χ2v) is 7.19. The zero-order chi connectivity index (χ0) is 15.6. The molecule has 1 aromatic carbocycles. The molecule has 7 heteroatoms. The van der Waals surface area contributed by atoms with Gasteiger partial charge >= 0.3 is 0 Å². The lowest BCUT2D eigenvalue weighted by atomic mass is 10.2. The van der Waals surface area contributed by atoms with Gasteiger partial charge in [-0.1, -0.05) is 18.2 Å². The molecule has 0 spiro atoms. The Morgan fingerprint density at radius 3 is 2.73 bits per heavy atom. The molecule has 1 heterocycles. The topological polar surface area (TPSA) is 72.0 Å². The zero-order valence-corrected chi connectivity index (χ0v) is 12.7. The van der Waals surface area contributed by atoms with Crippen molar-refractivity contribution in [1.82, 2.24) is 14.7 Å². The predicted octanol–water partition coefficient (Wildman–Crippen LogP) is 2.11. The zero-order valence-electron chi connectivity index (χ0n) is 11.9. The highest BCUT2D eigenvalue weighted by molar-refractivity contribution is 7.88. The average molecular weight is 321 g/mol. The van der Waals surface area contributed by atoms with Gasteiger partial charge < -0.3 is 0 Å². The number of hydrogen-bond donors (Lipinski definition) is 1. The van der Waals surface area contributed by atoms with Crippen molar-refractivity contribution in [3.63, 3.8) is 0 Å². The van der Waals surface area contributed by atoms with Crippen LogP contribution in [-0.2, 0) is 22.3 Å². The van der Waals surface area contributed by atoms with Crippen molar-refractivity contribution >= 4 is 10.0 Å². The largest absolute Gasteiger partial charge is 0.241 e. The summed E-state index contributed by atoms with van der Waals surface area (Å²) in [7, 11) is -3.62. The third-order valence-corrected chi connectivity index (χ3v) is 4.79. The van der Waals surface area contributed by atoms with Gasteiger partial charge in [-0.05, 0) is 25.0 Å². The van der Waals surface area contributed by atoms with Gasteiger partial charge in [0, 0.05) is 17.2 Å². The highest BCUT2D eigenvalue weighted by atomic mass is 32.2. The summed E-state index contributed by atoms with van der Waals surface area (Å²) in [5.74, 6) is -0.428. The van der Waals surface area contributed by atoms with Crippen LogP contribution in [0.5, 0.6) is 0 Å². The number of sulfonamides is 1. The smallest absolute Gasteiger partial charge is 0.216 e. The predicted molar refractivity (Wildman–Crippen MR) is 79.9 cm³/mol. The fourth-order valence-corrected chi connectivity index (χ4v) is 3.28. The van der Waals surface area contributed by atoms with E-state index in [4.69, 9.17) is 0 Å². The van der Waals surface area contributed by atoms with Gasteiger partial charge in [-0.2, -0.15) is 0 Å². The molecule has 1 N–H and O–H groups in total. The Hall–Kier alpha value is -1.86.